The fourth-order valence-corrected chi connectivity index (χ4v) is 9.16. The summed E-state index contributed by atoms with van der Waals surface area (Å²) < 4.78 is 14.8. The predicted molar refractivity (Wildman–Crippen MR) is 237 cm³/mol. The molecule has 3 unspecified atom stereocenters. The SMILES string of the molecule is O=C1CCC(Nc2ccc(N3CC4CC(C3)N(C3CCN(C(=O)c5ccc(Nc6ncc(F)c(Nc7ccc(C(=O)Nc8ccccc8Cl)cc7)n6)cc5)CC3)C4)cc2)C(=O)N1. The number of rotatable bonds is 11. The van der Waals surface area contributed by atoms with Gasteiger partial charge in [0, 0.05) is 85.1 Å². The van der Waals surface area contributed by atoms with Crippen molar-refractivity contribution in [1.82, 2.24) is 25.1 Å². The minimum Gasteiger partial charge on any atom is -0.374 e. The maximum atomic E-state index is 14.8. The Bertz CT molecular complexity index is 2470. The third kappa shape index (κ3) is 9.18. The zero-order valence-electron chi connectivity index (χ0n) is 33.8. The summed E-state index contributed by atoms with van der Waals surface area (Å²) in [5.41, 5.74) is 4.68. The summed E-state index contributed by atoms with van der Waals surface area (Å²) in [6.07, 6.45) is 4.94. The van der Waals surface area contributed by atoms with Crippen molar-refractivity contribution in [2.24, 2.45) is 5.92 Å². The Morgan fingerprint density at radius 1 is 0.774 bits per heavy atom. The average molecular weight is 857 g/mol. The molecule has 9 rings (SSSR count). The number of nitrogens with zero attached hydrogens (tertiary/aromatic N) is 5. The van der Waals surface area contributed by atoms with Crippen molar-refractivity contribution >= 4 is 75.4 Å². The molecule has 2 bridgehead atoms. The van der Waals surface area contributed by atoms with Crippen LogP contribution in [0.25, 0.3) is 0 Å². The summed E-state index contributed by atoms with van der Waals surface area (Å²) in [6, 6.07) is 29.3. The molecule has 318 valence electrons. The molecular weight excluding hydrogens is 811 g/mol. The molecule has 16 heteroatoms. The lowest BCUT2D eigenvalue weighted by Gasteiger charge is -2.40. The Kier molecular flexibility index (Phi) is 11.7. The molecule has 0 radical (unpaired) electrons. The third-order valence-electron chi connectivity index (χ3n) is 12.2. The van der Waals surface area contributed by atoms with Gasteiger partial charge in [-0.3, -0.25) is 29.4 Å². The van der Waals surface area contributed by atoms with Gasteiger partial charge in [0.1, 0.15) is 6.04 Å². The van der Waals surface area contributed by atoms with E-state index >= 15 is 0 Å². The number of fused-ring (bicyclic) bond motifs is 2. The first-order valence-electron chi connectivity index (χ1n) is 20.9. The van der Waals surface area contributed by atoms with Crippen molar-refractivity contribution in [1.29, 1.82) is 0 Å². The van der Waals surface area contributed by atoms with Crippen LogP contribution < -0.4 is 31.5 Å². The van der Waals surface area contributed by atoms with Gasteiger partial charge in [-0.1, -0.05) is 23.7 Å². The molecule has 3 atom stereocenters. The van der Waals surface area contributed by atoms with Crippen LogP contribution in [0, 0.1) is 11.7 Å². The summed E-state index contributed by atoms with van der Waals surface area (Å²) in [7, 11) is 0. The number of halogens is 2. The van der Waals surface area contributed by atoms with Crippen LogP contribution in [0.3, 0.4) is 0 Å². The fraction of sp³-hybridized carbons (Fsp3) is 0.304. The number of para-hydroxylation sites is 1. The summed E-state index contributed by atoms with van der Waals surface area (Å²) in [4.78, 5) is 65.5. The number of imide groups is 1. The van der Waals surface area contributed by atoms with E-state index in [2.05, 4.69) is 58.5 Å². The molecule has 4 aromatic carbocycles. The van der Waals surface area contributed by atoms with Crippen molar-refractivity contribution in [3.8, 4) is 0 Å². The standard InChI is InChI=1S/C46H46ClFN10O4/c47-37-3-1-2-4-39(37)53-43(60)29-5-9-32(10-6-29)51-42-38(48)24-49-46(55-42)52-33-11-7-30(8-12-33)45(62)56-21-19-35(20-22-56)58-26-28-23-36(58)27-57(25-28)34-15-13-31(14-16-34)50-40-17-18-41(59)54-44(40)61/h1-16,24,28,35-36,40,50H,17-23,25-27H2,(H,53,60)(H,54,59,61)(H2,49,51,52,55). The highest BCUT2D eigenvalue weighted by Gasteiger charge is 2.42. The molecule has 0 spiro atoms. The fourth-order valence-electron chi connectivity index (χ4n) is 8.98. The number of hydrogen-bond acceptors (Lipinski definition) is 11. The number of aromatic nitrogens is 2. The predicted octanol–water partition coefficient (Wildman–Crippen LogP) is 7.04. The molecule has 5 aromatic rings. The lowest BCUT2D eigenvalue weighted by atomic mass is 9.98. The number of carbonyl (C=O) groups is 4. The highest BCUT2D eigenvalue weighted by molar-refractivity contribution is 6.33. The van der Waals surface area contributed by atoms with E-state index in [1.54, 1.807) is 72.8 Å². The molecule has 4 aliphatic rings. The Balaban J connectivity index is 0.743. The van der Waals surface area contributed by atoms with Crippen molar-refractivity contribution in [2.45, 2.75) is 50.2 Å². The number of hydrogen-bond donors (Lipinski definition) is 5. The molecule has 4 aliphatic heterocycles. The molecule has 0 aliphatic carbocycles. The second-order valence-corrected chi connectivity index (χ2v) is 16.7. The maximum Gasteiger partial charge on any atom is 0.255 e. The summed E-state index contributed by atoms with van der Waals surface area (Å²) in [5.74, 6) is -0.783. The van der Waals surface area contributed by atoms with E-state index in [1.807, 2.05) is 17.0 Å². The number of anilines is 7. The number of piperidine rings is 3. The van der Waals surface area contributed by atoms with E-state index in [9.17, 15) is 23.6 Å². The quantitative estimate of drug-likeness (QED) is 0.0867. The van der Waals surface area contributed by atoms with Gasteiger partial charge >= 0.3 is 0 Å². The molecular formula is C46H46ClFN10O4. The molecule has 62 heavy (non-hydrogen) atoms. The molecule has 4 amide bonds. The van der Waals surface area contributed by atoms with Crippen LogP contribution in [0.15, 0.2) is 103 Å². The molecule has 14 nitrogen and oxygen atoms in total. The van der Waals surface area contributed by atoms with E-state index in [-0.39, 0.29) is 35.4 Å². The number of nitrogens with one attached hydrogen (secondary N) is 5. The number of benzene rings is 4. The van der Waals surface area contributed by atoms with Gasteiger partial charge in [0.25, 0.3) is 11.8 Å². The summed E-state index contributed by atoms with van der Waals surface area (Å²) >= 11 is 6.16. The van der Waals surface area contributed by atoms with Crippen LogP contribution in [0.5, 0.6) is 0 Å². The Morgan fingerprint density at radius 2 is 1.47 bits per heavy atom. The van der Waals surface area contributed by atoms with Crippen LogP contribution in [0.2, 0.25) is 5.02 Å². The van der Waals surface area contributed by atoms with E-state index in [0.717, 1.165) is 44.4 Å². The van der Waals surface area contributed by atoms with Gasteiger partial charge in [0.15, 0.2) is 11.6 Å². The van der Waals surface area contributed by atoms with Crippen molar-refractivity contribution in [2.75, 3.05) is 58.9 Å². The topological polar surface area (TPSA) is 164 Å². The van der Waals surface area contributed by atoms with Gasteiger partial charge in [-0.2, -0.15) is 4.98 Å². The first-order chi connectivity index (χ1) is 30.1. The smallest absolute Gasteiger partial charge is 0.255 e. The molecule has 4 fully saturated rings. The first-order valence-corrected chi connectivity index (χ1v) is 21.3. The van der Waals surface area contributed by atoms with Gasteiger partial charge in [-0.25, -0.2) is 9.37 Å². The number of carbonyl (C=O) groups excluding carboxylic acids is 4. The van der Waals surface area contributed by atoms with Crippen LogP contribution >= 0.6 is 11.6 Å². The molecule has 1 aromatic heterocycles. The van der Waals surface area contributed by atoms with Crippen molar-refractivity contribution in [3.05, 3.63) is 125 Å². The molecule has 4 saturated heterocycles. The summed E-state index contributed by atoms with van der Waals surface area (Å²) in [5, 5.41) is 14.9. The monoisotopic (exact) mass is 856 g/mol. The highest BCUT2D eigenvalue weighted by Crippen LogP contribution is 2.36. The Hall–Kier alpha value is -6.58. The second-order valence-electron chi connectivity index (χ2n) is 16.3. The largest absolute Gasteiger partial charge is 0.374 e. The molecule has 0 saturated carbocycles. The van der Waals surface area contributed by atoms with Gasteiger partial charge < -0.3 is 31.1 Å². The normalized spacial score (nSPS) is 20.4. The van der Waals surface area contributed by atoms with Gasteiger partial charge in [0.2, 0.25) is 17.8 Å². The number of likely N-dealkylation sites (tertiary alicyclic amines) is 2. The Morgan fingerprint density at radius 3 is 2.19 bits per heavy atom. The van der Waals surface area contributed by atoms with Gasteiger partial charge in [0.05, 0.1) is 16.9 Å². The van der Waals surface area contributed by atoms with Crippen molar-refractivity contribution < 1.29 is 23.6 Å². The van der Waals surface area contributed by atoms with E-state index in [4.69, 9.17) is 11.6 Å². The van der Waals surface area contributed by atoms with Crippen LogP contribution in [-0.4, -0.2) is 94.2 Å². The highest BCUT2D eigenvalue weighted by atomic mass is 35.5. The molecule has 5 heterocycles. The van der Waals surface area contributed by atoms with Crippen LogP contribution in [0.1, 0.15) is 52.8 Å². The van der Waals surface area contributed by atoms with E-state index in [1.165, 1.54) is 12.1 Å². The average Bonchev–Trinajstić information content (AvgIpc) is 3.59. The van der Waals surface area contributed by atoms with Gasteiger partial charge in [-0.15, -0.1) is 0 Å². The lowest BCUT2D eigenvalue weighted by Crippen LogP contribution is -2.50. The van der Waals surface area contributed by atoms with E-state index < -0.39 is 11.9 Å². The van der Waals surface area contributed by atoms with Crippen LogP contribution in [-0.2, 0) is 9.59 Å². The first kappa shape index (κ1) is 40.8. The number of amides is 4. The van der Waals surface area contributed by atoms with Crippen LogP contribution in [0.4, 0.5) is 44.6 Å². The van der Waals surface area contributed by atoms with Gasteiger partial charge in [-0.05, 0) is 117 Å². The van der Waals surface area contributed by atoms with Crippen molar-refractivity contribution in [3.63, 3.8) is 0 Å². The maximum absolute atomic E-state index is 14.8. The zero-order valence-corrected chi connectivity index (χ0v) is 34.6. The lowest BCUT2D eigenvalue weighted by molar-refractivity contribution is -0.133. The minimum absolute atomic E-state index is 0.00577. The summed E-state index contributed by atoms with van der Waals surface area (Å²) in [6.45, 7) is 4.42. The second kappa shape index (κ2) is 17.8. The Labute approximate surface area is 363 Å². The molecule has 5 N–H and O–H groups in total. The minimum atomic E-state index is -0.652. The third-order valence-corrected chi connectivity index (χ3v) is 12.5. The van der Waals surface area contributed by atoms with E-state index in [0.29, 0.717) is 77.1 Å². The zero-order chi connectivity index (χ0) is 42.7.